The first kappa shape index (κ1) is 11.8. The maximum Gasteiger partial charge on any atom is 0.243 e. The van der Waals surface area contributed by atoms with Crippen molar-refractivity contribution in [1.29, 1.82) is 0 Å². The molecule has 0 heterocycles. The Kier molecular flexibility index (Phi) is 5.33. The van der Waals surface area contributed by atoms with Gasteiger partial charge in [0.1, 0.15) is 0 Å². The lowest BCUT2D eigenvalue weighted by atomic mass is 9.94. The highest BCUT2D eigenvalue weighted by Gasteiger charge is 2.30. The van der Waals surface area contributed by atoms with Crippen molar-refractivity contribution >= 4 is 0 Å². The van der Waals surface area contributed by atoms with E-state index in [1.807, 2.05) is 0 Å². The molecule has 0 saturated heterocycles. The summed E-state index contributed by atoms with van der Waals surface area (Å²) in [6.45, 7) is 3.22. The third-order valence-electron chi connectivity index (χ3n) is 2.05. The van der Waals surface area contributed by atoms with Gasteiger partial charge in [0.25, 0.3) is 0 Å². The van der Waals surface area contributed by atoms with Crippen LogP contribution in [-0.2, 0) is 0 Å². The number of hydrogen-bond acceptors (Lipinski definition) is 2. The Hall–Kier alpha value is -0.220. The monoisotopic (exact) mass is 182 g/mol. The van der Waals surface area contributed by atoms with Gasteiger partial charge in [-0.15, -0.1) is 0 Å². The fourth-order valence-corrected chi connectivity index (χ4v) is 1.10. The fourth-order valence-electron chi connectivity index (χ4n) is 1.10. The molecular weight excluding hydrogens is 166 g/mol. The van der Waals surface area contributed by atoms with Crippen molar-refractivity contribution in [3.63, 3.8) is 0 Å². The summed E-state index contributed by atoms with van der Waals surface area (Å²) in [5, 5.41) is 18.3. The number of hydrogen-bond donors (Lipinski definition) is 2. The Morgan fingerprint density at radius 1 is 1.08 bits per heavy atom. The van der Waals surface area contributed by atoms with Crippen molar-refractivity contribution in [1.82, 2.24) is 0 Å². The average molecular weight is 182 g/mol. The zero-order valence-corrected chi connectivity index (χ0v) is 7.37. The van der Waals surface area contributed by atoms with Crippen molar-refractivity contribution in [3.8, 4) is 0 Å². The topological polar surface area (TPSA) is 40.5 Å². The maximum atomic E-state index is 12.2. The van der Waals surface area contributed by atoms with Gasteiger partial charge in [-0.2, -0.15) is 0 Å². The van der Waals surface area contributed by atoms with Crippen LogP contribution >= 0.6 is 0 Å². The molecule has 3 atom stereocenters. The van der Waals surface area contributed by atoms with Crippen molar-refractivity contribution in [2.75, 3.05) is 0 Å². The molecule has 0 aliphatic rings. The largest absolute Gasteiger partial charge is 0.390 e. The van der Waals surface area contributed by atoms with Gasteiger partial charge >= 0.3 is 0 Å². The lowest BCUT2D eigenvalue weighted by Gasteiger charge is -2.24. The summed E-state index contributed by atoms with van der Waals surface area (Å²) in [6, 6.07) is 0. The van der Waals surface area contributed by atoms with Crippen LogP contribution in [0.25, 0.3) is 0 Å². The van der Waals surface area contributed by atoms with Crippen molar-refractivity contribution in [2.45, 2.75) is 45.3 Å². The summed E-state index contributed by atoms with van der Waals surface area (Å²) in [5.74, 6) is -1.11. The van der Waals surface area contributed by atoms with Crippen LogP contribution in [0.2, 0.25) is 0 Å². The lowest BCUT2D eigenvalue weighted by molar-refractivity contribution is -0.0709. The summed E-state index contributed by atoms with van der Waals surface area (Å²) in [4.78, 5) is 0. The van der Waals surface area contributed by atoms with E-state index in [1.165, 1.54) is 0 Å². The molecule has 0 aromatic carbocycles. The van der Waals surface area contributed by atoms with E-state index in [-0.39, 0.29) is 6.42 Å². The van der Waals surface area contributed by atoms with E-state index in [2.05, 4.69) is 0 Å². The highest BCUT2D eigenvalue weighted by molar-refractivity contribution is 4.75. The molecule has 74 valence electrons. The van der Waals surface area contributed by atoms with E-state index < -0.39 is 24.6 Å². The summed E-state index contributed by atoms with van der Waals surface area (Å²) in [6.07, 6.45) is -4.43. The molecule has 0 rings (SSSR count). The molecule has 0 bridgehead atoms. The van der Waals surface area contributed by atoms with E-state index in [0.717, 1.165) is 0 Å². The van der Waals surface area contributed by atoms with Gasteiger partial charge in [-0.3, -0.25) is 0 Å². The van der Waals surface area contributed by atoms with Gasteiger partial charge in [-0.05, 0) is 12.8 Å². The van der Waals surface area contributed by atoms with Gasteiger partial charge in [0.2, 0.25) is 6.43 Å². The molecule has 0 fully saturated rings. The van der Waals surface area contributed by atoms with E-state index in [4.69, 9.17) is 5.11 Å². The van der Waals surface area contributed by atoms with Crippen LogP contribution in [0, 0.1) is 5.92 Å². The molecular formula is C8H16F2O2. The predicted molar refractivity (Wildman–Crippen MR) is 42.1 cm³/mol. The van der Waals surface area contributed by atoms with Crippen molar-refractivity contribution in [2.24, 2.45) is 5.92 Å². The number of alkyl halides is 2. The molecule has 2 nitrogen and oxygen atoms in total. The molecule has 12 heavy (non-hydrogen) atoms. The molecule has 2 N–H and O–H groups in total. The Morgan fingerprint density at radius 3 is 1.83 bits per heavy atom. The van der Waals surface area contributed by atoms with Crippen LogP contribution in [0.5, 0.6) is 0 Å². The minimum absolute atomic E-state index is 0.176. The van der Waals surface area contributed by atoms with E-state index in [1.54, 1.807) is 13.8 Å². The zero-order valence-electron chi connectivity index (χ0n) is 7.37. The van der Waals surface area contributed by atoms with Gasteiger partial charge < -0.3 is 10.2 Å². The smallest absolute Gasteiger partial charge is 0.243 e. The zero-order chi connectivity index (χ0) is 9.72. The molecule has 0 saturated carbocycles. The van der Waals surface area contributed by atoms with E-state index >= 15 is 0 Å². The lowest BCUT2D eigenvalue weighted by Crippen LogP contribution is -2.36. The molecule has 0 aromatic rings. The quantitative estimate of drug-likeness (QED) is 0.675. The highest BCUT2D eigenvalue weighted by atomic mass is 19.3. The Morgan fingerprint density at radius 2 is 1.58 bits per heavy atom. The Bertz CT molecular complexity index is 120. The standard InChI is InChI=1S/C8H16F2O2/c1-3-5(8(9)10)7(12)6(11)4-2/h5-8,11-12H,3-4H2,1-2H3/t5-,6+,7+/m0/s1. The van der Waals surface area contributed by atoms with Crippen LogP contribution < -0.4 is 0 Å². The summed E-state index contributed by atoms with van der Waals surface area (Å²) in [5.41, 5.74) is 0. The van der Waals surface area contributed by atoms with E-state index in [9.17, 15) is 13.9 Å². The van der Waals surface area contributed by atoms with Crippen LogP contribution in [-0.4, -0.2) is 28.8 Å². The molecule has 0 unspecified atom stereocenters. The Balaban J connectivity index is 4.10. The highest BCUT2D eigenvalue weighted by Crippen LogP contribution is 2.21. The van der Waals surface area contributed by atoms with Gasteiger partial charge in [0.05, 0.1) is 12.2 Å². The van der Waals surface area contributed by atoms with E-state index in [0.29, 0.717) is 6.42 Å². The number of aliphatic hydroxyl groups is 2. The van der Waals surface area contributed by atoms with Gasteiger partial charge in [-0.25, -0.2) is 8.78 Å². The van der Waals surface area contributed by atoms with Gasteiger partial charge in [0.15, 0.2) is 0 Å². The number of halogens is 2. The first-order valence-corrected chi connectivity index (χ1v) is 4.18. The number of rotatable bonds is 5. The van der Waals surface area contributed by atoms with Crippen molar-refractivity contribution in [3.05, 3.63) is 0 Å². The summed E-state index contributed by atoms with van der Waals surface area (Å²) >= 11 is 0. The molecule has 0 spiro atoms. The second kappa shape index (κ2) is 5.43. The molecule has 0 amide bonds. The third kappa shape index (κ3) is 3.03. The normalized spacial score (nSPS) is 19.2. The van der Waals surface area contributed by atoms with Crippen LogP contribution in [0.15, 0.2) is 0 Å². The fraction of sp³-hybridized carbons (Fsp3) is 1.00. The minimum atomic E-state index is -2.56. The Labute approximate surface area is 71.2 Å². The molecule has 0 aliphatic heterocycles. The second-order valence-electron chi connectivity index (χ2n) is 2.87. The summed E-state index contributed by atoms with van der Waals surface area (Å²) < 4.78 is 24.4. The second-order valence-corrected chi connectivity index (χ2v) is 2.87. The van der Waals surface area contributed by atoms with Crippen LogP contribution in [0.1, 0.15) is 26.7 Å². The third-order valence-corrected chi connectivity index (χ3v) is 2.05. The van der Waals surface area contributed by atoms with Gasteiger partial charge in [-0.1, -0.05) is 13.8 Å². The van der Waals surface area contributed by atoms with Crippen LogP contribution in [0.3, 0.4) is 0 Å². The first-order valence-electron chi connectivity index (χ1n) is 4.18. The van der Waals surface area contributed by atoms with Gasteiger partial charge in [0, 0.05) is 5.92 Å². The predicted octanol–water partition coefficient (Wildman–Crippen LogP) is 1.41. The molecule has 0 aliphatic carbocycles. The van der Waals surface area contributed by atoms with Crippen LogP contribution in [0.4, 0.5) is 8.78 Å². The summed E-state index contributed by atoms with van der Waals surface area (Å²) in [7, 11) is 0. The minimum Gasteiger partial charge on any atom is -0.390 e. The number of aliphatic hydroxyl groups excluding tert-OH is 2. The first-order chi connectivity index (χ1) is 5.54. The average Bonchev–Trinajstić information content (AvgIpc) is 2.03. The molecule has 0 aromatic heterocycles. The maximum absolute atomic E-state index is 12.2. The van der Waals surface area contributed by atoms with Crippen molar-refractivity contribution < 1.29 is 19.0 Å². The molecule has 0 radical (unpaired) electrons. The molecule has 4 heteroatoms. The SMILES string of the molecule is CC[C@@H](O)[C@H](O)[C@H](CC)C(F)F.